The second kappa shape index (κ2) is 11.0. The lowest BCUT2D eigenvalue weighted by molar-refractivity contribution is -0.136. The summed E-state index contributed by atoms with van der Waals surface area (Å²) in [6, 6.07) is 18.4. The van der Waals surface area contributed by atoms with Crippen molar-refractivity contribution in [3.8, 4) is 0 Å². The smallest absolute Gasteiger partial charge is 0.305 e. The standard InChI is InChI=1S/C26H21Cl2IN2O4/c27-18-5-1-16(2-6-18)11-13-31-24(17-3-7-19(28)8-4-17)26(35)30(14-12-23(32)33)22-10-9-20(29)15-21(22)25(31)34/h1-10,15,24H,11-14H2,(H,32,33)/t24-/m0/s1. The summed E-state index contributed by atoms with van der Waals surface area (Å²) in [5, 5.41) is 10.4. The third kappa shape index (κ3) is 5.79. The van der Waals surface area contributed by atoms with Gasteiger partial charge in [0.25, 0.3) is 11.8 Å². The molecule has 0 unspecified atom stereocenters. The number of anilines is 1. The predicted octanol–water partition coefficient (Wildman–Crippen LogP) is 5.85. The Morgan fingerprint density at radius 1 is 0.914 bits per heavy atom. The van der Waals surface area contributed by atoms with Gasteiger partial charge in [-0.2, -0.15) is 0 Å². The Hall–Kier alpha value is -2.62. The highest BCUT2D eigenvalue weighted by atomic mass is 127. The minimum absolute atomic E-state index is 0.0514. The maximum absolute atomic E-state index is 14.0. The number of nitrogens with zero attached hydrogens (tertiary/aromatic N) is 2. The van der Waals surface area contributed by atoms with Crippen LogP contribution in [-0.4, -0.2) is 40.9 Å². The fourth-order valence-electron chi connectivity index (χ4n) is 4.12. The van der Waals surface area contributed by atoms with Gasteiger partial charge in [0.05, 0.1) is 17.7 Å². The molecule has 0 saturated heterocycles. The van der Waals surface area contributed by atoms with Gasteiger partial charge in [-0.1, -0.05) is 47.5 Å². The predicted molar refractivity (Wildman–Crippen MR) is 144 cm³/mol. The lowest BCUT2D eigenvalue weighted by Gasteiger charge is -2.31. The van der Waals surface area contributed by atoms with E-state index in [0.29, 0.717) is 33.3 Å². The maximum atomic E-state index is 14.0. The molecular formula is C26H21Cl2IN2O4. The largest absolute Gasteiger partial charge is 0.481 e. The first-order valence-electron chi connectivity index (χ1n) is 10.9. The monoisotopic (exact) mass is 622 g/mol. The molecule has 3 aromatic rings. The molecule has 0 fully saturated rings. The number of carboxylic acids is 1. The summed E-state index contributed by atoms with van der Waals surface area (Å²) < 4.78 is 0.836. The fourth-order valence-corrected chi connectivity index (χ4v) is 4.87. The number of rotatable bonds is 7. The van der Waals surface area contributed by atoms with Crippen molar-refractivity contribution in [2.24, 2.45) is 0 Å². The molecule has 2 amide bonds. The average molecular weight is 623 g/mol. The van der Waals surface area contributed by atoms with E-state index in [1.165, 1.54) is 4.90 Å². The highest BCUT2D eigenvalue weighted by molar-refractivity contribution is 14.1. The molecule has 0 bridgehead atoms. The lowest BCUT2D eigenvalue weighted by Crippen LogP contribution is -2.43. The van der Waals surface area contributed by atoms with Crippen molar-refractivity contribution >= 4 is 69.3 Å². The zero-order valence-corrected chi connectivity index (χ0v) is 22.1. The molecule has 1 aliphatic rings. The fraction of sp³-hybridized carbons (Fsp3) is 0.192. The van der Waals surface area contributed by atoms with Crippen molar-refractivity contribution in [1.82, 2.24) is 4.90 Å². The van der Waals surface area contributed by atoms with Gasteiger partial charge < -0.3 is 14.9 Å². The third-order valence-corrected chi connectivity index (χ3v) is 7.02. The molecule has 1 N–H and O–H groups in total. The molecule has 35 heavy (non-hydrogen) atoms. The van der Waals surface area contributed by atoms with Gasteiger partial charge in [-0.15, -0.1) is 0 Å². The van der Waals surface area contributed by atoms with Gasteiger partial charge in [-0.05, 0) is 82.6 Å². The summed E-state index contributed by atoms with van der Waals surface area (Å²) in [4.78, 5) is 42.3. The van der Waals surface area contributed by atoms with Crippen LogP contribution in [0.1, 0.15) is 33.9 Å². The van der Waals surface area contributed by atoms with E-state index in [4.69, 9.17) is 23.2 Å². The van der Waals surface area contributed by atoms with Crippen LogP contribution in [-0.2, 0) is 16.0 Å². The third-order valence-electron chi connectivity index (χ3n) is 5.84. The Kier molecular flexibility index (Phi) is 7.98. The van der Waals surface area contributed by atoms with E-state index in [-0.39, 0.29) is 31.3 Å². The van der Waals surface area contributed by atoms with E-state index >= 15 is 0 Å². The van der Waals surface area contributed by atoms with Gasteiger partial charge >= 0.3 is 5.97 Å². The topological polar surface area (TPSA) is 77.9 Å². The molecule has 0 aliphatic carbocycles. The molecule has 180 valence electrons. The summed E-state index contributed by atoms with van der Waals surface area (Å²) >= 11 is 14.2. The molecule has 1 aliphatic heterocycles. The number of hydrogen-bond acceptors (Lipinski definition) is 3. The molecule has 6 nitrogen and oxygen atoms in total. The molecular weight excluding hydrogens is 602 g/mol. The van der Waals surface area contributed by atoms with Gasteiger partial charge in [0.15, 0.2) is 0 Å². The average Bonchev–Trinajstić information content (AvgIpc) is 2.91. The van der Waals surface area contributed by atoms with Gasteiger partial charge in [-0.3, -0.25) is 14.4 Å². The molecule has 0 aromatic heterocycles. The Morgan fingerprint density at radius 2 is 1.54 bits per heavy atom. The van der Waals surface area contributed by atoms with Crippen LogP contribution in [0.5, 0.6) is 0 Å². The van der Waals surface area contributed by atoms with E-state index in [0.717, 1.165) is 9.13 Å². The Labute approximate surface area is 226 Å². The van der Waals surface area contributed by atoms with Crippen LogP contribution in [0.2, 0.25) is 10.0 Å². The zero-order chi connectivity index (χ0) is 25.1. The van der Waals surface area contributed by atoms with Crippen molar-refractivity contribution in [3.63, 3.8) is 0 Å². The van der Waals surface area contributed by atoms with Gasteiger partial charge in [0, 0.05) is 26.7 Å². The van der Waals surface area contributed by atoms with Gasteiger partial charge in [-0.25, -0.2) is 0 Å². The number of carbonyl (C=O) groups is 3. The van der Waals surface area contributed by atoms with Crippen molar-refractivity contribution in [2.45, 2.75) is 18.9 Å². The highest BCUT2D eigenvalue weighted by Gasteiger charge is 2.40. The van der Waals surface area contributed by atoms with E-state index in [1.807, 2.05) is 12.1 Å². The number of aliphatic carboxylic acids is 1. The number of amides is 2. The number of carboxylic acid groups (broad SMARTS) is 1. The summed E-state index contributed by atoms with van der Waals surface area (Å²) in [6.45, 7) is 0.224. The molecule has 0 spiro atoms. The highest BCUT2D eigenvalue weighted by Crippen LogP contribution is 2.36. The number of hydrogen-bond donors (Lipinski definition) is 1. The van der Waals surface area contributed by atoms with Crippen LogP contribution < -0.4 is 4.90 Å². The normalized spacial score (nSPS) is 15.7. The molecule has 1 heterocycles. The second-order valence-electron chi connectivity index (χ2n) is 8.12. The summed E-state index contributed by atoms with van der Waals surface area (Å²) in [7, 11) is 0. The van der Waals surface area contributed by atoms with Crippen LogP contribution in [0.3, 0.4) is 0 Å². The Balaban J connectivity index is 1.81. The molecule has 1 atom stereocenters. The molecule has 0 radical (unpaired) electrons. The first-order chi connectivity index (χ1) is 16.7. The summed E-state index contributed by atoms with van der Waals surface area (Å²) in [5.74, 6) is -1.68. The second-order valence-corrected chi connectivity index (χ2v) is 10.2. The van der Waals surface area contributed by atoms with E-state index in [2.05, 4.69) is 22.6 Å². The first-order valence-corrected chi connectivity index (χ1v) is 12.7. The molecule has 0 saturated carbocycles. The molecule has 3 aromatic carbocycles. The van der Waals surface area contributed by atoms with E-state index in [1.54, 1.807) is 59.5 Å². The van der Waals surface area contributed by atoms with Crippen molar-refractivity contribution in [3.05, 3.63) is 97.0 Å². The quantitative estimate of drug-likeness (QED) is 0.336. The minimum Gasteiger partial charge on any atom is -0.481 e. The van der Waals surface area contributed by atoms with Crippen LogP contribution >= 0.6 is 45.8 Å². The van der Waals surface area contributed by atoms with Gasteiger partial charge in [0.2, 0.25) is 0 Å². The van der Waals surface area contributed by atoms with Crippen molar-refractivity contribution in [2.75, 3.05) is 18.0 Å². The SMILES string of the molecule is O=C(O)CCN1C(=O)[C@H](c2ccc(Cl)cc2)N(CCc2ccc(Cl)cc2)C(=O)c2cc(I)ccc21. The lowest BCUT2D eigenvalue weighted by atomic mass is 10.0. The first kappa shape index (κ1) is 25.5. The van der Waals surface area contributed by atoms with Gasteiger partial charge in [0.1, 0.15) is 6.04 Å². The van der Waals surface area contributed by atoms with E-state index < -0.39 is 12.0 Å². The zero-order valence-electron chi connectivity index (χ0n) is 18.5. The number of carbonyl (C=O) groups excluding carboxylic acids is 2. The number of fused-ring (bicyclic) bond motifs is 1. The minimum atomic E-state index is -1.02. The van der Waals surface area contributed by atoms with Crippen LogP contribution in [0.4, 0.5) is 5.69 Å². The van der Waals surface area contributed by atoms with Crippen LogP contribution in [0.15, 0.2) is 66.7 Å². The summed E-state index contributed by atoms with van der Waals surface area (Å²) in [5.41, 5.74) is 2.35. The Morgan fingerprint density at radius 3 is 2.17 bits per heavy atom. The number of halogens is 3. The molecule has 4 rings (SSSR count). The van der Waals surface area contributed by atoms with Crippen LogP contribution in [0, 0.1) is 3.57 Å². The van der Waals surface area contributed by atoms with Crippen molar-refractivity contribution in [1.29, 1.82) is 0 Å². The summed E-state index contributed by atoms with van der Waals surface area (Å²) in [6.07, 6.45) is 0.262. The Bertz CT molecular complexity index is 1270. The van der Waals surface area contributed by atoms with Crippen LogP contribution in [0.25, 0.3) is 0 Å². The molecule has 9 heteroatoms. The maximum Gasteiger partial charge on any atom is 0.305 e. The van der Waals surface area contributed by atoms with Crippen molar-refractivity contribution < 1.29 is 19.5 Å². The number of benzene rings is 3. The van der Waals surface area contributed by atoms with E-state index in [9.17, 15) is 19.5 Å².